The summed E-state index contributed by atoms with van der Waals surface area (Å²) in [5.41, 5.74) is 3.02. The van der Waals surface area contributed by atoms with Crippen molar-refractivity contribution < 1.29 is 15.3 Å². The molecule has 1 aliphatic heterocycles. The van der Waals surface area contributed by atoms with Crippen molar-refractivity contribution in [1.82, 2.24) is 9.88 Å². The van der Waals surface area contributed by atoms with Crippen molar-refractivity contribution in [3.63, 3.8) is 0 Å². The molecule has 140 valence electrons. The van der Waals surface area contributed by atoms with Crippen LogP contribution in [0.5, 0.6) is 0 Å². The van der Waals surface area contributed by atoms with Crippen LogP contribution < -0.4 is 0 Å². The number of nitrogens with zero attached hydrogens (tertiary/aromatic N) is 2. The summed E-state index contributed by atoms with van der Waals surface area (Å²) < 4.78 is 0. The molecule has 0 amide bonds. The van der Waals surface area contributed by atoms with Gasteiger partial charge in [-0.25, -0.2) is 0 Å². The van der Waals surface area contributed by atoms with Gasteiger partial charge in [0.15, 0.2) is 0 Å². The van der Waals surface area contributed by atoms with Crippen molar-refractivity contribution in [2.75, 3.05) is 6.61 Å². The second-order valence-electron chi connectivity index (χ2n) is 7.20. The first-order valence-electron chi connectivity index (χ1n) is 9.27. The smallest absolute Gasteiger partial charge is 0.0991 e. The second kappa shape index (κ2) is 7.74. The van der Waals surface area contributed by atoms with E-state index in [1.807, 2.05) is 65.7 Å². The molecule has 3 aromatic rings. The molecule has 27 heavy (non-hydrogen) atoms. The zero-order valence-corrected chi connectivity index (χ0v) is 15.0. The molecule has 4 rings (SSSR count). The van der Waals surface area contributed by atoms with Crippen molar-refractivity contribution >= 4 is 10.9 Å². The van der Waals surface area contributed by atoms with E-state index < -0.39 is 18.2 Å². The molecule has 4 atom stereocenters. The Balaban J connectivity index is 1.63. The first-order chi connectivity index (χ1) is 13.2. The van der Waals surface area contributed by atoms with E-state index in [0.717, 1.165) is 22.0 Å². The Morgan fingerprint density at radius 3 is 2.33 bits per heavy atom. The fraction of sp³-hybridized carbons (Fsp3) is 0.318. The number of pyridine rings is 1. The molecule has 0 saturated carbocycles. The summed E-state index contributed by atoms with van der Waals surface area (Å²) in [4.78, 5) is 6.52. The fourth-order valence-corrected chi connectivity index (χ4v) is 4.05. The minimum Gasteiger partial charge on any atom is -0.395 e. The van der Waals surface area contributed by atoms with Crippen LogP contribution in [0.4, 0.5) is 0 Å². The van der Waals surface area contributed by atoms with Crippen LogP contribution in [-0.2, 0) is 13.0 Å². The van der Waals surface area contributed by atoms with Gasteiger partial charge >= 0.3 is 0 Å². The molecule has 2 aromatic carbocycles. The van der Waals surface area contributed by atoms with Crippen LogP contribution in [0.1, 0.15) is 11.1 Å². The minimum atomic E-state index is -0.975. The maximum absolute atomic E-state index is 10.6. The van der Waals surface area contributed by atoms with E-state index in [-0.39, 0.29) is 12.6 Å². The zero-order valence-electron chi connectivity index (χ0n) is 15.0. The van der Waals surface area contributed by atoms with Gasteiger partial charge in [0, 0.05) is 24.2 Å². The van der Waals surface area contributed by atoms with E-state index >= 15 is 0 Å². The maximum Gasteiger partial charge on any atom is 0.0991 e. The van der Waals surface area contributed by atoms with E-state index in [4.69, 9.17) is 0 Å². The van der Waals surface area contributed by atoms with Crippen LogP contribution in [0.2, 0.25) is 0 Å². The number of hydrogen-bond donors (Lipinski definition) is 3. The molecular formula is C22H24N2O3. The van der Waals surface area contributed by atoms with Gasteiger partial charge in [0.2, 0.25) is 0 Å². The Labute approximate surface area is 158 Å². The molecule has 0 bridgehead atoms. The highest BCUT2D eigenvalue weighted by Gasteiger charge is 2.46. The lowest BCUT2D eigenvalue weighted by Gasteiger charge is -2.29. The normalized spacial score (nSPS) is 25.9. The fourth-order valence-electron chi connectivity index (χ4n) is 4.05. The first-order valence-corrected chi connectivity index (χ1v) is 9.27. The average Bonchev–Trinajstić information content (AvgIpc) is 2.92. The number of aliphatic hydroxyl groups excluding tert-OH is 3. The number of aromatic nitrogens is 1. The summed E-state index contributed by atoms with van der Waals surface area (Å²) in [5.74, 6) is 0. The Morgan fingerprint density at radius 1 is 0.852 bits per heavy atom. The summed E-state index contributed by atoms with van der Waals surface area (Å²) in [6.07, 6.45) is 0.553. The van der Waals surface area contributed by atoms with E-state index in [2.05, 4.69) is 11.1 Å². The summed E-state index contributed by atoms with van der Waals surface area (Å²) in [5, 5.41) is 32.0. The molecule has 0 spiro atoms. The SMILES string of the molecule is OC[C@@H]1[C@@H](O)[C@@H](O)[C@H](Cc2ccccc2)N1Cc1cnc2ccccc2c1. The molecule has 3 N–H and O–H groups in total. The highest BCUT2D eigenvalue weighted by molar-refractivity contribution is 5.78. The molecular weight excluding hydrogens is 340 g/mol. The van der Waals surface area contributed by atoms with Crippen LogP contribution in [0, 0.1) is 0 Å². The monoisotopic (exact) mass is 364 g/mol. The van der Waals surface area contributed by atoms with Gasteiger partial charge in [0.25, 0.3) is 0 Å². The van der Waals surface area contributed by atoms with E-state index in [1.165, 1.54) is 0 Å². The topological polar surface area (TPSA) is 76.8 Å². The lowest BCUT2D eigenvalue weighted by atomic mass is 10.0. The van der Waals surface area contributed by atoms with Crippen LogP contribution in [0.15, 0.2) is 66.9 Å². The number of fused-ring (bicyclic) bond motifs is 1. The lowest BCUT2D eigenvalue weighted by Crippen LogP contribution is -2.41. The van der Waals surface area contributed by atoms with Crippen molar-refractivity contribution in [3.05, 3.63) is 78.0 Å². The van der Waals surface area contributed by atoms with Gasteiger partial charge in [-0.3, -0.25) is 9.88 Å². The van der Waals surface area contributed by atoms with E-state index in [0.29, 0.717) is 13.0 Å². The summed E-state index contributed by atoms with van der Waals surface area (Å²) in [7, 11) is 0. The van der Waals surface area contributed by atoms with Gasteiger partial charge in [-0.1, -0.05) is 48.5 Å². The van der Waals surface area contributed by atoms with E-state index in [9.17, 15) is 15.3 Å². The molecule has 1 saturated heterocycles. The predicted molar refractivity (Wildman–Crippen MR) is 104 cm³/mol. The van der Waals surface area contributed by atoms with Crippen LogP contribution in [-0.4, -0.2) is 56.1 Å². The van der Waals surface area contributed by atoms with Gasteiger partial charge in [-0.15, -0.1) is 0 Å². The predicted octanol–water partition coefficient (Wildman–Crippen LogP) is 1.74. The van der Waals surface area contributed by atoms with Gasteiger partial charge in [0.05, 0.1) is 30.4 Å². The molecule has 0 radical (unpaired) electrons. The zero-order chi connectivity index (χ0) is 18.8. The first kappa shape index (κ1) is 18.1. The Morgan fingerprint density at radius 2 is 1.56 bits per heavy atom. The van der Waals surface area contributed by atoms with Crippen molar-refractivity contribution in [2.24, 2.45) is 0 Å². The van der Waals surface area contributed by atoms with Gasteiger partial charge < -0.3 is 15.3 Å². The van der Waals surface area contributed by atoms with Gasteiger partial charge in [-0.05, 0) is 29.7 Å². The Bertz CT molecular complexity index is 902. The van der Waals surface area contributed by atoms with Gasteiger partial charge in [-0.2, -0.15) is 0 Å². The van der Waals surface area contributed by atoms with Crippen molar-refractivity contribution in [2.45, 2.75) is 37.3 Å². The third kappa shape index (κ3) is 3.59. The van der Waals surface area contributed by atoms with Crippen LogP contribution in [0.3, 0.4) is 0 Å². The number of likely N-dealkylation sites (tertiary alicyclic amines) is 1. The Kier molecular flexibility index (Phi) is 5.18. The average molecular weight is 364 g/mol. The molecule has 0 unspecified atom stereocenters. The third-order valence-electron chi connectivity index (χ3n) is 5.48. The number of rotatable bonds is 5. The highest BCUT2D eigenvalue weighted by atomic mass is 16.3. The molecule has 5 nitrogen and oxygen atoms in total. The molecule has 1 aromatic heterocycles. The summed E-state index contributed by atoms with van der Waals surface area (Å²) in [6, 6.07) is 19.1. The minimum absolute atomic E-state index is 0.204. The molecule has 2 heterocycles. The third-order valence-corrected chi connectivity index (χ3v) is 5.48. The van der Waals surface area contributed by atoms with E-state index in [1.54, 1.807) is 0 Å². The largest absolute Gasteiger partial charge is 0.395 e. The molecule has 5 heteroatoms. The van der Waals surface area contributed by atoms with Gasteiger partial charge in [0.1, 0.15) is 0 Å². The number of para-hydroxylation sites is 1. The highest BCUT2D eigenvalue weighted by Crippen LogP contribution is 2.30. The van der Waals surface area contributed by atoms with Crippen molar-refractivity contribution in [3.8, 4) is 0 Å². The van der Waals surface area contributed by atoms with Crippen molar-refractivity contribution in [1.29, 1.82) is 0 Å². The summed E-state index contributed by atoms with van der Waals surface area (Å²) in [6.45, 7) is 0.305. The maximum atomic E-state index is 10.6. The second-order valence-corrected chi connectivity index (χ2v) is 7.20. The standard InChI is InChI=1S/C22H24N2O3/c25-14-20-22(27)21(26)19(11-15-6-2-1-3-7-15)24(20)13-16-10-17-8-4-5-9-18(17)23-12-16/h1-10,12,19-22,25-27H,11,13-14H2/t19-,20+,21-,22+/m0/s1. The summed E-state index contributed by atoms with van der Waals surface area (Å²) >= 11 is 0. The van der Waals surface area contributed by atoms with Crippen LogP contribution in [0.25, 0.3) is 10.9 Å². The number of benzene rings is 2. The molecule has 1 fully saturated rings. The number of hydrogen-bond acceptors (Lipinski definition) is 5. The molecule has 1 aliphatic rings. The Hall–Kier alpha value is -2.31. The number of aliphatic hydroxyl groups is 3. The molecule has 0 aliphatic carbocycles. The van der Waals surface area contributed by atoms with Crippen LogP contribution >= 0.6 is 0 Å². The quantitative estimate of drug-likeness (QED) is 0.643. The lowest BCUT2D eigenvalue weighted by molar-refractivity contribution is 0.0178.